The number of rotatable bonds is 7. The Morgan fingerprint density at radius 2 is 1.97 bits per heavy atom. The molecule has 31 heavy (non-hydrogen) atoms. The summed E-state index contributed by atoms with van der Waals surface area (Å²) in [5.74, 6) is 1.59. The average Bonchev–Trinajstić information content (AvgIpc) is 3.12. The van der Waals surface area contributed by atoms with Crippen LogP contribution < -0.4 is 5.32 Å². The van der Waals surface area contributed by atoms with Gasteiger partial charge in [0.05, 0.1) is 18.3 Å². The van der Waals surface area contributed by atoms with Gasteiger partial charge in [-0.3, -0.25) is 4.98 Å². The first-order valence-electron chi connectivity index (χ1n) is 10.9. The lowest BCUT2D eigenvalue weighted by Crippen LogP contribution is -2.25. The van der Waals surface area contributed by atoms with Gasteiger partial charge in [0, 0.05) is 35.1 Å². The lowest BCUT2D eigenvalue weighted by atomic mass is 9.81. The number of ether oxygens (including phenoxy) is 1. The highest BCUT2D eigenvalue weighted by atomic mass is 19.3. The smallest absolute Gasteiger partial charge is 0.345 e. The highest BCUT2D eigenvalue weighted by Crippen LogP contribution is 2.39. The zero-order valence-electron chi connectivity index (χ0n) is 18.2. The maximum atomic E-state index is 12.3. The molecule has 0 aromatic carbocycles. The van der Waals surface area contributed by atoms with E-state index < -0.39 is 6.61 Å². The van der Waals surface area contributed by atoms with Gasteiger partial charge < -0.3 is 10.1 Å². The average molecular weight is 430 g/mol. The van der Waals surface area contributed by atoms with E-state index in [2.05, 4.69) is 39.1 Å². The van der Waals surface area contributed by atoms with Crippen molar-refractivity contribution in [2.24, 2.45) is 5.92 Å². The second kappa shape index (κ2) is 9.26. The highest BCUT2D eigenvalue weighted by molar-refractivity contribution is 5.81. The van der Waals surface area contributed by atoms with E-state index in [0.717, 1.165) is 41.1 Å². The van der Waals surface area contributed by atoms with Gasteiger partial charge in [0.25, 0.3) is 0 Å². The van der Waals surface area contributed by atoms with Crippen LogP contribution in [0.4, 0.5) is 14.7 Å². The molecule has 0 radical (unpaired) electrons. The fourth-order valence-electron chi connectivity index (χ4n) is 4.35. The van der Waals surface area contributed by atoms with Crippen molar-refractivity contribution in [3.05, 3.63) is 42.0 Å². The number of aromatic nitrogens is 4. The summed E-state index contributed by atoms with van der Waals surface area (Å²) in [5, 5.41) is 7.81. The molecule has 1 N–H and O–H groups in total. The molecule has 0 unspecified atom stereocenters. The van der Waals surface area contributed by atoms with Crippen LogP contribution in [-0.4, -0.2) is 38.8 Å². The first-order chi connectivity index (χ1) is 14.9. The third-order valence-electron chi connectivity index (χ3n) is 6.03. The van der Waals surface area contributed by atoms with E-state index in [1.165, 1.54) is 18.5 Å². The number of pyridine rings is 1. The molecule has 3 heterocycles. The monoisotopic (exact) mass is 429 g/mol. The molecule has 1 saturated carbocycles. The quantitative estimate of drug-likeness (QED) is 0.542. The van der Waals surface area contributed by atoms with Crippen molar-refractivity contribution in [3.8, 4) is 11.1 Å². The summed E-state index contributed by atoms with van der Waals surface area (Å²) in [7, 11) is 0. The van der Waals surface area contributed by atoms with Crippen molar-refractivity contribution in [1.29, 1.82) is 0 Å². The molecule has 4 rings (SSSR count). The van der Waals surface area contributed by atoms with Crippen molar-refractivity contribution in [1.82, 2.24) is 19.6 Å². The highest BCUT2D eigenvalue weighted by Gasteiger charge is 2.25. The molecular weight excluding hydrogens is 400 g/mol. The van der Waals surface area contributed by atoms with Gasteiger partial charge >= 0.3 is 6.61 Å². The van der Waals surface area contributed by atoms with Gasteiger partial charge in [0.2, 0.25) is 5.95 Å². The number of alkyl halides is 2. The largest absolute Gasteiger partial charge is 0.348 e. The molecule has 0 saturated heterocycles. The second-order valence-electron chi connectivity index (χ2n) is 8.64. The van der Waals surface area contributed by atoms with Gasteiger partial charge in [-0.1, -0.05) is 19.8 Å². The summed E-state index contributed by atoms with van der Waals surface area (Å²) >= 11 is 0. The van der Waals surface area contributed by atoms with Crippen LogP contribution >= 0.6 is 0 Å². The number of nitrogens with zero attached hydrogens (tertiary/aromatic N) is 4. The first kappa shape index (κ1) is 21.6. The van der Waals surface area contributed by atoms with Crippen molar-refractivity contribution in [2.45, 2.75) is 65.0 Å². The molecule has 1 aliphatic rings. The Morgan fingerprint density at radius 3 is 2.68 bits per heavy atom. The van der Waals surface area contributed by atoms with Gasteiger partial charge in [0.1, 0.15) is 0 Å². The maximum absolute atomic E-state index is 12.3. The van der Waals surface area contributed by atoms with Crippen LogP contribution in [0.25, 0.3) is 16.6 Å². The molecule has 0 aliphatic heterocycles. The predicted octanol–water partition coefficient (Wildman–Crippen LogP) is 5.43. The van der Waals surface area contributed by atoms with Gasteiger partial charge in [-0.05, 0) is 56.4 Å². The number of hydrogen-bond acceptors (Lipinski definition) is 5. The van der Waals surface area contributed by atoms with Crippen molar-refractivity contribution < 1.29 is 13.5 Å². The van der Waals surface area contributed by atoms with Crippen LogP contribution in [0.15, 0.2) is 30.6 Å². The van der Waals surface area contributed by atoms with Gasteiger partial charge in [0.15, 0.2) is 0 Å². The number of nitrogens with one attached hydrogen (secondary N) is 1. The van der Waals surface area contributed by atoms with Crippen LogP contribution in [0.3, 0.4) is 0 Å². The fourth-order valence-corrected chi connectivity index (χ4v) is 4.35. The maximum Gasteiger partial charge on any atom is 0.345 e. The van der Waals surface area contributed by atoms with Crippen LogP contribution in [-0.2, 0) is 4.74 Å². The van der Waals surface area contributed by atoms with Crippen molar-refractivity contribution >= 4 is 11.5 Å². The van der Waals surface area contributed by atoms with Crippen LogP contribution in [0.1, 0.15) is 56.8 Å². The molecule has 0 spiro atoms. The number of anilines is 1. The Hall–Kier alpha value is -2.61. The number of fused-ring (bicyclic) bond motifs is 1. The van der Waals surface area contributed by atoms with Gasteiger partial charge in [-0.15, -0.1) is 5.10 Å². The SMILES string of the molecule is Cc1cc(-c2cc(C3CCC(C)CC3)n3nc(N[C@@H](C)COC(F)F)ncc23)ccn1. The predicted molar refractivity (Wildman–Crippen MR) is 116 cm³/mol. The van der Waals surface area contributed by atoms with E-state index in [4.69, 9.17) is 5.10 Å². The van der Waals surface area contributed by atoms with Crippen LogP contribution in [0.5, 0.6) is 0 Å². The molecule has 3 aromatic heterocycles. The molecule has 0 bridgehead atoms. The number of aryl methyl sites for hydroxylation is 1. The summed E-state index contributed by atoms with van der Waals surface area (Å²) in [5.41, 5.74) is 5.23. The molecule has 1 atom stereocenters. The lowest BCUT2D eigenvalue weighted by Gasteiger charge is -2.25. The second-order valence-corrected chi connectivity index (χ2v) is 8.64. The van der Waals surface area contributed by atoms with Crippen molar-refractivity contribution in [2.75, 3.05) is 11.9 Å². The molecule has 166 valence electrons. The fraction of sp³-hybridized carbons (Fsp3) is 0.522. The first-order valence-corrected chi connectivity index (χ1v) is 10.9. The molecule has 1 fully saturated rings. The van der Waals surface area contributed by atoms with Crippen LogP contribution in [0.2, 0.25) is 0 Å². The summed E-state index contributed by atoms with van der Waals surface area (Å²) in [6.07, 6.45) is 8.30. The molecule has 0 amide bonds. The van der Waals surface area contributed by atoms with Gasteiger partial charge in [-0.2, -0.15) is 8.78 Å². The summed E-state index contributed by atoms with van der Waals surface area (Å²) in [6.45, 7) is 3.14. The summed E-state index contributed by atoms with van der Waals surface area (Å²) < 4.78 is 31.0. The topological polar surface area (TPSA) is 64.3 Å². The van der Waals surface area contributed by atoms with Crippen molar-refractivity contribution in [3.63, 3.8) is 0 Å². The van der Waals surface area contributed by atoms with E-state index in [-0.39, 0.29) is 12.6 Å². The number of halogens is 2. The van der Waals surface area contributed by atoms with E-state index in [1.54, 1.807) is 13.1 Å². The zero-order valence-corrected chi connectivity index (χ0v) is 18.2. The third kappa shape index (κ3) is 5.01. The molecule has 6 nitrogen and oxygen atoms in total. The molecular formula is C23H29F2N5O. The Bertz CT molecular complexity index is 1030. The molecule has 3 aromatic rings. The van der Waals surface area contributed by atoms with E-state index in [0.29, 0.717) is 11.9 Å². The Balaban J connectivity index is 1.70. The Labute approximate surface area is 181 Å². The minimum absolute atomic E-state index is 0.125. The Morgan fingerprint density at radius 1 is 1.19 bits per heavy atom. The third-order valence-corrected chi connectivity index (χ3v) is 6.03. The molecule has 8 heteroatoms. The normalized spacial score (nSPS) is 20.3. The van der Waals surface area contributed by atoms with E-state index in [1.807, 2.05) is 23.7 Å². The minimum atomic E-state index is -2.79. The standard InChI is InChI=1S/C23H29F2N5O/c1-14-4-6-17(7-5-14)20-11-19(18-8-9-26-15(2)10-18)21-12-27-23(29-30(20)21)28-16(3)13-31-22(24)25/h8-12,14,16-17,22H,4-7,13H2,1-3H3,(H,28,29)/t14?,16-,17?/m0/s1. The van der Waals surface area contributed by atoms with Gasteiger partial charge in [-0.25, -0.2) is 9.50 Å². The number of hydrogen-bond donors (Lipinski definition) is 1. The molecule has 1 aliphatic carbocycles. The Kier molecular flexibility index (Phi) is 6.46. The summed E-state index contributed by atoms with van der Waals surface area (Å²) in [6, 6.07) is 5.96. The van der Waals surface area contributed by atoms with E-state index >= 15 is 0 Å². The lowest BCUT2D eigenvalue weighted by molar-refractivity contribution is -0.130. The minimum Gasteiger partial charge on any atom is -0.348 e. The zero-order chi connectivity index (χ0) is 22.0. The van der Waals surface area contributed by atoms with Crippen LogP contribution in [0, 0.1) is 12.8 Å². The summed E-state index contributed by atoms with van der Waals surface area (Å²) in [4.78, 5) is 8.77. The van der Waals surface area contributed by atoms with E-state index in [9.17, 15) is 8.78 Å².